The van der Waals surface area contributed by atoms with Crippen LogP contribution in [0.15, 0.2) is 12.1 Å². The van der Waals surface area contributed by atoms with Gasteiger partial charge in [-0.05, 0) is 37.1 Å². The van der Waals surface area contributed by atoms with Crippen LogP contribution in [0.1, 0.15) is 16.8 Å². The third kappa shape index (κ3) is 1.39. The van der Waals surface area contributed by atoms with Crippen molar-refractivity contribution in [1.29, 1.82) is 0 Å². The maximum absolute atomic E-state index is 5.82. The Morgan fingerprint density at radius 2 is 2.00 bits per heavy atom. The summed E-state index contributed by atoms with van der Waals surface area (Å²) in [5.74, 6) is 0.894. The quantitative estimate of drug-likeness (QED) is 0.840. The van der Waals surface area contributed by atoms with Crippen LogP contribution >= 0.6 is 0 Å². The molecule has 2 rings (SSSR count). The number of benzene rings is 1. The molecule has 1 aromatic carbocycles. The van der Waals surface area contributed by atoms with Crippen LogP contribution in [0, 0.1) is 13.8 Å². The molecule has 0 fully saturated rings. The second kappa shape index (κ2) is 3.83. The number of rotatable bonds is 2. The number of methoxy groups -OCH3 is 1. The van der Waals surface area contributed by atoms with E-state index in [1.165, 1.54) is 27.7 Å². The molecule has 1 aromatic heterocycles. The maximum atomic E-state index is 5.82. The van der Waals surface area contributed by atoms with Crippen LogP contribution in [0.25, 0.3) is 10.9 Å². The van der Waals surface area contributed by atoms with E-state index in [2.05, 4.69) is 37.6 Å². The van der Waals surface area contributed by atoms with Gasteiger partial charge in [0.05, 0.1) is 12.6 Å². The molecule has 0 aliphatic heterocycles. The zero-order valence-electron chi connectivity index (χ0n) is 10.3. The van der Waals surface area contributed by atoms with E-state index in [-0.39, 0.29) is 0 Å². The van der Waals surface area contributed by atoms with Crippen LogP contribution in [-0.4, -0.2) is 11.7 Å². The molecule has 0 radical (unpaired) electrons. The van der Waals surface area contributed by atoms with Crippen molar-refractivity contribution in [2.45, 2.75) is 20.4 Å². The molecule has 3 heteroatoms. The normalized spacial score (nSPS) is 11.1. The molecule has 3 nitrogen and oxygen atoms in total. The van der Waals surface area contributed by atoms with Crippen LogP contribution < -0.4 is 10.5 Å². The molecule has 0 atom stereocenters. The van der Waals surface area contributed by atoms with E-state index in [0.29, 0.717) is 6.54 Å². The van der Waals surface area contributed by atoms with E-state index in [4.69, 9.17) is 10.5 Å². The SMILES string of the molecule is COc1cc(C)c2c(c1)c(CN)c(C)n2C. The van der Waals surface area contributed by atoms with Crippen LogP contribution in [0.5, 0.6) is 5.75 Å². The first-order valence-electron chi connectivity index (χ1n) is 5.42. The van der Waals surface area contributed by atoms with Gasteiger partial charge in [-0.2, -0.15) is 0 Å². The summed E-state index contributed by atoms with van der Waals surface area (Å²) in [6.45, 7) is 4.77. The summed E-state index contributed by atoms with van der Waals surface area (Å²) < 4.78 is 7.50. The highest BCUT2D eigenvalue weighted by Crippen LogP contribution is 2.31. The number of hydrogen-bond donors (Lipinski definition) is 1. The Hall–Kier alpha value is -1.48. The Labute approximate surface area is 95.8 Å². The highest BCUT2D eigenvalue weighted by Gasteiger charge is 2.13. The average molecular weight is 218 g/mol. The summed E-state index contributed by atoms with van der Waals surface area (Å²) in [6, 6.07) is 4.12. The van der Waals surface area contributed by atoms with Gasteiger partial charge in [-0.3, -0.25) is 0 Å². The number of nitrogens with zero attached hydrogens (tertiary/aromatic N) is 1. The first kappa shape index (κ1) is 11.0. The number of aromatic nitrogens is 1. The van der Waals surface area contributed by atoms with E-state index in [9.17, 15) is 0 Å². The zero-order chi connectivity index (χ0) is 11.9. The summed E-state index contributed by atoms with van der Waals surface area (Å²) >= 11 is 0. The molecule has 2 N–H and O–H groups in total. The smallest absolute Gasteiger partial charge is 0.119 e. The van der Waals surface area contributed by atoms with Crippen LogP contribution in [0.3, 0.4) is 0 Å². The van der Waals surface area contributed by atoms with Gasteiger partial charge in [0, 0.05) is 24.7 Å². The van der Waals surface area contributed by atoms with Crippen molar-refractivity contribution in [2.75, 3.05) is 7.11 Å². The summed E-state index contributed by atoms with van der Waals surface area (Å²) in [6.07, 6.45) is 0. The molecule has 0 saturated carbocycles. The first-order valence-corrected chi connectivity index (χ1v) is 5.42. The fourth-order valence-corrected chi connectivity index (χ4v) is 2.36. The molecule has 0 aliphatic rings. The molecule has 0 bridgehead atoms. The van der Waals surface area contributed by atoms with Crippen molar-refractivity contribution in [3.05, 3.63) is 29.0 Å². The van der Waals surface area contributed by atoms with Gasteiger partial charge in [0.1, 0.15) is 5.75 Å². The maximum Gasteiger partial charge on any atom is 0.119 e. The highest BCUT2D eigenvalue weighted by atomic mass is 16.5. The van der Waals surface area contributed by atoms with Gasteiger partial charge < -0.3 is 15.0 Å². The minimum absolute atomic E-state index is 0.565. The van der Waals surface area contributed by atoms with Gasteiger partial charge in [-0.1, -0.05) is 0 Å². The third-order valence-electron chi connectivity index (χ3n) is 3.31. The van der Waals surface area contributed by atoms with Gasteiger partial charge in [0.15, 0.2) is 0 Å². The number of hydrogen-bond acceptors (Lipinski definition) is 2. The minimum Gasteiger partial charge on any atom is -0.497 e. The number of nitrogens with two attached hydrogens (primary N) is 1. The van der Waals surface area contributed by atoms with Crippen LogP contribution in [0.2, 0.25) is 0 Å². The Balaban J connectivity index is 2.89. The molecule has 2 aromatic rings. The molecule has 0 spiro atoms. The lowest BCUT2D eigenvalue weighted by molar-refractivity contribution is 0.415. The molecular weight excluding hydrogens is 200 g/mol. The molecule has 0 saturated heterocycles. The predicted molar refractivity (Wildman–Crippen MR) is 66.8 cm³/mol. The lowest BCUT2D eigenvalue weighted by Gasteiger charge is -2.05. The van der Waals surface area contributed by atoms with Gasteiger partial charge in [-0.15, -0.1) is 0 Å². The standard InChI is InChI=1S/C13H18N2O/c1-8-5-10(16-4)6-11-12(7-14)9(2)15(3)13(8)11/h5-6H,7,14H2,1-4H3. The van der Waals surface area contributed by atoms with Crippen molar-refractivity contribution in [2.24, 2.45) is 12.8 Å². The van der Waals surface area contributed by atoms with E-state index < -0.39 is 0 Å². The molecule has 86 valence electrons. The topological polar surface area (TPSA) is 40.2 Å². The van der Waals surface area contributed by atoms with Crippen LogP contribution in [-0.2, 0) is 13.6 Å². The predicted octanol–water partition coefficient (Wildman–Crippen LogP) is 2.26. The lowest BCUT2D eigenvalue weighted by atomic mass is 10.1. The van der Waals surface area contributed by atoms with E-state index in [0.717, 1.165) is 5.75 Å². The van der Waals surface area contributed by atoms with Crippen molar-refractivity contribution in [1.82, 2.24) is 4.57 Å². The molecular formula is C13H18N2O. The van der Waals surface area contributed by atoms with Crippen molar-refractivity contribution in [3.63, 3.8) is 0 Å². The summed E-state index contributed by atoms with van der Waals surface area (Å²) in [5, 5.41) is 1.21. The van der Waals surface area contributed by atoms with Crippen molar-refractivity contribution >= 4 is 10.9 Å². The lowest BCUT2D eigenvalue weighted by Crippen LogP contribution is -1.99. The number of aryl methyl sites for hydroxylation is 2. The average Bonchev–Trinajstić information content (AvgIpc) is 2.51. The van der Waals surface area contributed by atoms with Gasteiger partial charge >= 0.3 is 0 Å². The number of fused-ring (bicyclic) bond motifs is 1. The number of ether oxygens (including phenoxy) is 1. The van der Waals surface area contributed by atoms with Gasteiger partial charge in [-0.25, -0.2) is 0 Å². The van der Waals surface area contributed by atoms with Crippen molar-refractivity contribution in [3.8, 4) is 5.75 Å². The fourth-order valence-electron chi connectivity index (χ4n) is 2.36. The minimum atomic E-state index is 0.565. The summed E-state index contributed by atoms with van der Waals surface area (Å²) in [5.41, 5.74) is 10.7. The molecule has 0 aliphatic carbocycles. The Morgan fingerprint density at radius 1 is 1.31 bits per heavy atom. The van der Waals surface area contributed by atoms with E-state index in [1.807, 2.05) is 0 Å². The van der Waals surface area contributed by atoms with E-state index >= 15 is 0 Å². The molecule has 16 heavy (non-hydrogen) atoms. The van der Waals surface area contributed by atoms with Gasteiger partial charge in [0.2, 0.25) is 0 Å². The largest absolute Gasteiger partial charge is 0.497 e. The Morgan fingerprint density at radius 3 is 2.56 bits per heavy atom. The monoisotopic (exact) mass is 218 g/mol. The second-order valence-corrected chi connectivity index (χ2v) is 4.17. The summed E-state index contributed by atoms with van der Waals surface area (Å²) in [4.78, 5) is 0. The molecule has 0 unspecified atom stereocenters. The zero-order valence-corrected chi connectivity index (χ0v) is 10.3. The Bertz CT molecular complexity index is 541. The Kier molecular flexibility index (Phi) is 2.64. The third-order valence-corrected chi connectivity index (χ3v) is 3.31. The first-order chi connectivity index (χ1) is 7.60. The van der Waals surface area contributed by atoms with Gasteiger partial charge in [0.25, 0.3) is 0 Å². The fraction of sp³-hybridized carbons (Fsp3) is 0.385. The van der Waals surface area contributed by atoms with Crippen LogP contribution in [0.4, 0.5) is 0 Å². The van der Waals surface area contributed by atoms with Crippen molar-refractivity contribution < 1.29 is 4.74 Å². The highest BCUT2D eigenvalue weighted by molar-refractivity contribution is 5.89. The summed E-state index contributed by atoms with van der Waals surface area (Å²) in [7, 11) is 3.77. The molecule has 1 heterocycles. The second-order valence-electron chi connectivity index (χ2n) is 4.17. The van der Waals surface area contributed by atoms with E-state index in [1.54, 1.807) is 7.11 Å². The molecule has 0 amide bonds.